The molecule has 0 aromatic heterocycles. The lowest BCUT2D eigenvalue weighted by Crippen LogP contribution is -2.24. The third kappa shape index (κ3) is 2.48. The maximum Gasteiger partial charge on any atom is 0.163 e. The fraction of sp³-hybridized carbons (Fsp3) is 0.857. The van der Waals surface area contributed by atoms with Crippen LogP contribution >= 0.6 is 0 Å². The summed E-state index contributed by atoms with van der Waals surface area (Å²) in [4.78, 5) is 0. The van der Waals surface area contributed by atoms with Crippen molar-refractivity contribution in [2.24, 2.45) is 5.73 Å². The van der Waals surface area contributed by atoms with Crippen LogP contribution in [-0.4, -0.2) is 24.3 Å². The van der Waals surface area contributed by atoms with Crippen molar-refractivity contribution in [2.75, 3.05) is 6.61 Å². The van der Waals surface area contributed by atoms with Crippen molar-refractivity contribution >= 4 is 5.84 Å². The fourth-order valence-electron chi connectivity index (χ4n) is 1.11. The van der Waals surface area contributed by atoms with Crippen LogP contribution in [0.1, 0.15) is 20.3 Å². The third-order valence-corrected chi connectivity index (χ3v) is 1.51. The number of nitrogens with two attached hydrogens (primary N) is 1. The second kappa shape index (κ2) is 2.79. The monoisotopic (exact) mass is 158 g/mol. The van der Waals surface area contributed by atoms with Gasteiger partial charge in [-0.2, -0.15) is 0 Å². The number of ether oxygens (including phenoxy) is 2. The van der Waals surface area contributed by atoms with E-state index in [9.17, 15) is 0 Å². The van der Waals surface area contributed by atoms with Gasteiger partial charge < -0.3 is 15.2 Å². The van der Waals surface area contributed by atoms with Crippen LogP contribution in [0.3, 0.4) is 0 Å². The number of hydrogen-bond donors (Lipinski definition) is 2. The summed E-state index contributed by atoms with van der Waals surface area (Å²) < 4.78 is 10.7. The zero-order valence-corrected chi connectivity index (χ0v) is 6.89. The van der Waals surface area contributed by atoms with Gasteiger partial charge in [0.1, 0.15) is 0 Å². The second-order valence-electron chi connectivity index (χ2n) is 3.18. The van der Waals surface area contributed by atoms with E-state index < -0.39 is 5.79 Å². The Morgan fingerprint density at radius 3 is 2.73 bits per heavy atom. The number of amidine groups is 1. The minimum Gasteiger partial charge on any atom is -0.388 e. The maximum absolute atomic E-state index is 7.03. The van der Waals surface area contributed by atoms with Gasteiger partial charge in [0.05, 0.1) is 18.5 Å². The first-order valence-corrected chi connectivity index (χ1v) is 3.64. The highest BCUT2D eigenvalue weighted by Gasteiger charge is 2.32. The molecule has 11 heavy (non-hydrogen) atoms. The lowest BCUT2D eigenvalue weighted by Gasteiger charge is -2.16. The van der Waals surface area contributed by atoms with Crippen LogP contribution < -0.4 is 5.73 Å². The van der Waals surface area contributed by atoms with Crippen LogP contribution in [0, 0.1) is 5.41 Å². The molecule has 3 N–H and O–H groups in total. The molecule has 0 aromatic rings. The van der Waals surface area contributed by atoms with E-state index in [0.29, 0.717) is 13.0 Å². The summed E-state index contributed by atoms with van der Waals surface area (Å²) >= 11 is 0. The summed E-state index contributed by atoms with van der Waals surface area (Å²) in [6, 6.07) is 0. The van der Waals surface area contributed by atoms with Gasteiger partial charge in [-0.25, -0.2) is 0 Å². The number of rotatable bonds is 2. The Morgan fingerprint density at radius 2 is 2.36 bits per heavy atom. The predicted molar refractivity (Wildman–Crippen MR) is 41.4 cm³/mol. The van der Waals surface area contributed by atoms with Gasteiger partial charge in [0.2, 0.25) is 0 Å². The van der Waals surface area contributed by atoms with Gasteiger partial charge in [0, 0.05) is 6.42 Å². The molecule has 64 valence electrons. The van der Waals surface area contributed by atoms with Crippen LogP contribution in [0.5, 0.6) is 0 Å². The third-order valence-electron chi connectivity index (χ3n) is 1.51. The van der Waals surface area contributed by atoms with Gasteiger partial charge in [-0.3, -0.25) is 5.41 Å². The molecule has 0 aromatic carbocycles. The van der Waals surface area contributed by atoms with Crippen molar-refractivity contribution < 1.29 is 9.47 Å². The lowest BCUT2D eigenvalue weighted by molar-refractivity contribution is -0.137. The number of hydrogen-bond acceptors (Lipinski definition) is 3. The van der Waals surface area contributed by atoms with Crippen molar-refractivity contribution in [1.82, 2.24) is 0 Å². The van der Waals surface area contributed by atoms with Crippen molar-refractivity contribution in [1.29, 1.82) is 5.41 Å². The van der Waals surface area contributed by atoms with E-state index in [0.717, 1.165) is 0 Å². The van der Waals surface area contributed by atoms with Gasteiger partial charge >= 0.3 is 0 Å². The summed E-state index contributed by atoms with van der Waals surface area (Å²) in [6.45, 7) is 4.24. The van der Waals surface area contributed by atoms with Gasteiger partial charge in [-0.15, -0.1) is 0 Å². The molecule has 0 bridgehead atoms. The van der Waals surface area contributed by atoms with E-state index in [-0.39, 0.29) is 11.9 Å². The summed E-state index contributed by atoms with van der Waals surface area (Å²) in [7, 11) is 0. The lowest BCUT2D eigenvalue weighted by atomic mass is 10.2. The summed E-state index contributed by atoms with van der Waals surface area (Å²) in [5, 5.41) is 7.03. The largest absolute Gasteiger partial charge is 0.388 e. The molecule has 1 aliphatic heterocycles. The SMILES string of the molecule is CC1(C)OCC(CC(=N)N)O1. The minimum absolute atomic E-state index is 0.0394. The molecule has 1 fully saturated rings. The highest BCUT2D eigenvalue weighted by molar-refractivity contribution is 5.77. The van der Waals surface area contributed by atoms with E-state index in [1.54, 1.807) is 0 Å². The Morgan fingerprint density at radius 1 is 1.73 bits per heavy atom. The Kier molecular flexibility index (Phi) is 2.15. The van der Waals surface area contributed by atoms with Crippen molar-refractivity contribution in [3.63, 3.8) is 0 Å². The zero-order valence-electron chi connectivity index (χ0n) is 6.89. The first kappa shape index (κ1) is 8.49. The smallest absolute Gasteiger partial charge is 0.163 e. The molecule has 0 spiro atoms. The maximum atomic E-state index is 7.03. The van der Waals surface area contributed by atoms with Crippen molar-refractivity contribution in [2.45, 2.75) is 32.2 Å². The number of nitrogens with one attached hydrogen (secondary N) is 1. The molecule has 0 amide bonds. The average molecular weight is 158 g/mol. The highest BCUT2D eigenvalue weighted by atomic mass is 16.7. The molecule has 1 heterocycles. The van der Waals surface area contributed by atoms with Crippen LogP contribution in [0.15, 0.2) is 0 Å². The van der Waals surface area contributed by atoms with Crippen molar-refractivity contribution in [3.8, 4) is 0 Å². The van der Waals surface area contributed by atoms with Crippen LogP contribution in [-0.2, 0) is 9.47 Å². The Bertz CT molecular complexity index is 168. The first-order chi connectivity index (χ1) is 4.99. The standard InChI is InChI=1S/C7H14N2O2/c1-7(2)10-4-5(11-7)3-6(8)9/h5H,3-4H2,1-2H3,(H3,8,9). The van der Waals surface area contributed by atoms with Crippen LogP contribution in [0.2, 0.25) is 0 Å². The predicted octanol–water partition coefficient (Wildman–Crippen LogP) is 0.464. The molecule has 0 radical (unpaired) electrons. The summed E-state index contributed by atoms with van der Waals surface area (Å²) in [5.41, 5.74) is 5.21. The average Bonchev–Trinajstić information content (AvgIpc) is 2.08. The summed E-state index contributed by atoms with van der Waals surface area (Å²) in [6.07, 6.45) is 0.422. The second-order valence-corrected chi connectivity index (χ2v) is 3.18. The molecular formula is C7H14N2O2. The molecule has 1 unspecified atom stereocenters. The Hall–Kier alpha value is -0.610. The Labute approximate surface area is 66.2 Å². The normalized spacial score (nSPS) is 28.7. The molecule has 1 rings (SSSR count). The molecule has 0 saturated carbocycles. The van der Waals surface area contributed by atoms with E-state index in [1.165, 1.54) is 0 Å². The van der Waals surface area contributed by atoms with E-state index in [2.05, 4.69) is 0 Å². The zero-order chi connectivity index (χ0) is 8.48. The minimum atomic E-state index is -0.500. The molecular weight excluding hydrogens is 144 g/mol. The quantitative estimate of drug-likeness (QED) is 0.453. The van der Waals surface area contributed by atoms with E-state index >= 15 is 0 Å². The Balaban J connectivity index is 2.36. The summed E-state index contributed by atoms with van der Waals surface area (Å²) in [5.74, 6) is -0.351. The topological polar surface area (TPSA) is 68.3 Å². The van der Waals surface area contributed by atoms with Crippen LogP contribution in [0.25, 0.3) is 0 Å². The van der Waals surface area contributed by atoms with E-state index in [1.807, 2.05) is 13.8 Å². The fourth-order valence-corrected chi connectivity index (χ4v) is 1.11. The van der Waals surface area contributed by atoms with Gasteiger partial charge in [0.15, 0.2) is 5.79 Å². The highest BCUT2D eigenvalue weighted by Crippen LogP contribution is 2.23. The first-order valence-electron chi connectivity index (χ1n) is 3.64. The molecule has 1 aliphatic rings. The van der Waals surface area contributed by atoms with Gasteiger partial charge in [0.25, 0.3) is 0 Å². The molecule has 0 aliphatic carbocycles. The van der Waals surface area contributed by atoms with Gasteiger partial charge in [-0.05, 0) is 13.8 Å². The molecule has 4 nitrogen and oxygen atoms in total. The van der Waals surface area contributed by atoms with Crippen molar-refractivity contribution in [3.05, 3.63) is 0 Å². The molecule has 1 atom stereocenters. The van der Waals surface area contributed by atoms with Crippen LogP contribution in [0.4, 0.5) is 0 Å². The molecule has 1 saturated heterocycles. The van der Waals surface area contributed by atoms with E-state index in [4.69, 9.17) is 20.6 Å². The van der Waals surface area contributed by atoms with Gasteiger partial charge in [-0.1, -0.05) is 0 Å². The molecule has 4 heteroatoms.